The van der Waals surface area contributed by atoms with Crippen LogP contribution in [0.3, 0.4) is 0 Å². The topological polar surface area (TPSA) is 64.2 Å². The molecule has 0 unspecified atom stereocenters. The Hall–Kier alpha value is -1.88. The molecule has 90 valence electrons. The zero-order valence-electron chi connectivity index (χ0n) is 9.82. The van der Waals surface area contributed by atoms with E-state index in [1.807, 2.05) is 6.92 Å². The van der Waals surface area contributed by atoms with Crippen molar-refractivity contribution in [2.24, 2.45) is 7.05 Å². The molecule has 0 spiro atoms. The lowest BCUT2D eigenvalue weighted by Gasteiger charge is -2.01. The number of carbonyl (C=O) groups excluding carboxylic acids is 1. The van der Waals surface area contributed by atoms with E-state index in [-0.39, 0.29) is 5.78 Å². The minimum atomic E-state index is -0.420. The molecule has 1 heterocycles. The number of aryl methyl sites for hydroxylation is 1. The number of aromatic nitrogens is 1. The van der Waals surface area contributed by atoms with E-state index in [1.54, 1.807) is 25.2 Å². The van der Waals surface area contributed by atoms with Crippen LogP contribution in [-0.2, 0) is 7.05 Å². The second kappa shape index (κ2) is 4.55. The molecular formula is C12H14N2O3. The zero-order chi connectivity index (χ0) is 12.4. The summed E-state index contributed by atoms with van der Waals surface area (Å²) in [5.74, 6) is -0.418. The molecule has 0 saturated carbocycles. The van der Waals surface area contributed by atoms with Gasteiger partial charge < -0.3 is 9.73 Å². The maximum Gasteiger partial charge on any atom is 0.419 e. The number of Topliss-reactive ketones (excluding diaryl/α,β-unsaturated/α-hetero) is 1. The van der Waals surface area contributed by atoms with E-state index < -0.39 is 5.76 Å². The molecule has 0 radical (unpaired) electrons. The first-order chi connectivity index (χ1) is 8.13. The average Bonchev–Trinajstić information content (AvgIpc) is 2.62. The van der Waals surface area contributed by atoms with Gasteiger partial charge >= 0.3 is 5.76 Å². The van der Waals surface area contributed by atoms with Crippen molar-refractivity contribution in [2.75, 3.05) is 13.1 Å². The summed E-state index contributed by atoms with van der Waals surface area (Å²) in [4.78, 5) is 23.1. The third-order valence-corrected chi connectivity index (χ3v) is 2.65. The summed E-state index contributed by atoms with van der Waals surface area (Å²) in [6, 6.07) is 5.00. The molecule has 5 heteroatoms. The third-order valence-electron chi connectivity index (χ3n) is 2.65. The number of nitrogens with one attached hydrogen (secondary N) is 1. The highest BCUT2D eigenvalue weighted by atomic mass is 16.4. The van der Waals surface area contributed by atoms with E-state index in [2.05, 4.69) is 5.32 Å². The molecule has 2 aromatic rings. The molecule has 0 bridgehead atoms. The van der Waals surface area contributed by atoms with Crippen LogP contribution in [0.25, 0.3) is 11.1 Å². The molecule has 0 amide bonds. The number of likely N-dealkylation sites (N-methyl/N-ethyl adjacent to an activating group) is 1. The largest absolute Gasteiger partial charge is 0.419 e. The number of hydrogen-bond acceptors (Lipinski definition) is 4. The van der Waals surface area contributed by atoms with Crippen LogP contribution in [0.4, 0.5) is 0 Å². The van der Waals surface area contributed by atoms with Crippen molar-refractivity contribution >= 4 is 16.9 Å². The Morgan fingerprint density at radius 3 is 2.94 bits per heavy atom. The lowest BCUT2D eigenvalue weighted by Crippen LogP contribution is -2.22. The Labute approximate surface area is 98.0 Å². The minimum Gasteiger partial charge on any atom is -0.408 e. The van der Waals surface area contributed by atoms with E-state index in [4.69, 9.17) is 4.42 Å². The fourth-order valence-electron chi connectivity index (χ4n) is 1.64. The quantitative estimate of drug-likeness (QED) is 0.799. The Balaban J connectivity index is 2.40. The summed E-state index contributed by atoms with van der Waals surface area (Å²) in [5, 5.41) is 2.97. The fraction of sp³-hybridized carbons (Fsp3) is 0.333. The highest BCUT2D eigenvalue weighted by Crippen LogP contribution is 2.14. The van der Waals surface area contributed by atoms with Crippen LogP contribution in [0.2, 0.25) is 0 Å². The number of hydrogen-bond donors (Lipinski definition) is 1. The molecule has 2 rings (SSSR count). The zero-order valence-corrected chi connectivity index (χ0v) is 9.82. The van der Waals surface area contributed by atoms with Gasteiger partial charge in [-0.1, -0.05) is 6.92 Å². The predicted octanol–water partition coefficient (Wildman–Crippen LogP) is 0.924. The van der Waals surface area contributed by atoms with Gasteiger partial charge in [-0.25, -0.2) is 4.79 Å². The monoisotopic (exact) mass is 234 g/mol. The second-order valence-electron chi connectivity index (χ2n) is 3.81. The number of fused-ring (bicyclic) bond motifs is 1. The number of benzene rings is 1. The standard InChI is InChI=1S/C12H14N2O3/c1-3-13-7-10(15)8-4-5-11-9(6-8)14(2)12(16)17-11/h4-6,13H,3,7H2,1-2H3. The molecule has 17 heavy (non-hydrogen) atoms. The van der Waals surface area contributed by atoms with Crippen LogP contribution in [0.15, 0.2) is 27.4 Å². The van der Waals surface area contributed by atoms with E-state index in [0.29, 0.717) is 23.2 Å². The van der Waals surface area contributed by atoms with E-state index in [1.165, 1.54) is 4.57 Å². The molecule has 0 aliphatic heterocycles. The summed E-state index contributed by atoms with van der Waals surface area (Å²) in [7, 11) is 1.62. The smallest absolute Gasteiger partial charge is 0.408 e. The molecule has 0 aliphatic rings. The summed E-state index contributed by atoms with van der Waals surface area (Å²) >= 11 is 0. The maximum absolute atomic E-state index is 11.8. The van der Waals surface area contributed by atoms with E-state index in [0.717, 1.165) is 6.54 Å². The molecular weight excluding hydrogens is 220 g/mol. The summed E-state index contributed by atoms with van der Waals surface area (Å²) < 4.78 is 6.38. The molecule has 1 aromatic carbocycles. The van der Waals surface area contributed by atoms with Crippen LogP contribution in [0.1, 0.15) is 17.3 Å². The van der Waals surface area contributed by atoms with Crippen LogP contribution < -0.4 is 11.1 Å². The first-order valence-electron chi connectivity index (χ1n) is 5.47. The third kappa shape index (κ3) is 2.14. The Morgan fingerprint density at radius 2 is 2.24 bits per heavy atom. The SMILES string of the molecule is CCNCC(=O)c1ccc2oc(=O)n(C)c2c1. The fourth-order valence-corrected chi connectivity index (χ4v) is 1.64. The Morgan fingerprint density at radius 1 is 1.47 bits per heavy atom. The van der Waals surface area contributed by atoms with Gasteiger partial charge in [0.1, 0.15) is 0 Å². The molecule has 0 saturated heterocycles. The van der Waals surface area contributed by atoms with Crippen LogP contribution >= 0.6 is 0 Å². The number of rotatable bonds is 4. The van der Waals surface area contributed by atoms with Crippen molar-refractivity contribution in [2.45, 2.75) is 6.92 Å². The van der Waals surface area contributed by atoms with Gasteiger partial charge in [0, 0.05) is 12.6 Å². The van der Waals surface area contributed by atoms with E-state index >= 15 is 0 Å². The number of carbonyl (C=O) groups is 1. The van der Waals surface area contributed by atoms with Gasteiger partial charge in [0.05, 0.1) is 12.1 Å². The minimum absolute atomic E-state index is 0.00222. The summed E-state index contributed by atoms with van der Waals surface area (Å²) in [6.07, 6.45) is 0. The van der Waals surface area contributed by atoms with Gasteiger partial charge in [-0.15, -0.1) is 0 Å². The van der Waals surface area contributed by atoms with Crippen molar-refractivity contribution in [3.05, 3.63) is 34.3 Å². The van der Waals surface area contributed by atoms with Gasteiger partial charge in [0.25, 0.3) is 0 Å². The van der Waals surface area contributed by atoms with Gasteiger partial charge in [-0.05, 0) is 24.7 Å². The summed E-state index contributed by atoms with van der Waals surface area (Å²) in [5.41, 5.74) is 1.71. The van der Waals surface area contributed by atoms with Gasteiger partial charge in [0.15, 0.2) is 11.4 Å². The van der Waals surface area contributed by atoms with Crippen molar-refractivity contribution in [1.82, 2.24) is 9.88 Å². The normalized spacial score (nSPS) is 10.9. The van der Waals surface area contributed by atoms with Crippen LogP contribution in [0.5, 0.6) is 0 Å². The molecule has 0 atom stereocenters. The average molecular weight is 234 g/mol. The number of ketones is 1. The molecule has 0 fully saturated rings. The Bertz CT molecular complexity index is 610. The number of oxazole rings is 1. The lowest BCUT2D eigenvalue weighted by molar-refractivity contribution is 0.0992. The second-order valence-corrected chi connectivity index (χ2v) is 3.81. The first-order valence-corrected chi connectivity index (χ1v) is 5.47. The van der Waals surface area contributed by atoms with Crippen LogP contribution in [0, 0.1) is 0 Å². The highest BCUT2D eigenvalue weighted by molar-refractivity contribution is 6.00. The lowest BCUT2D eigenvalue weighted by atomic mass is 10.1. The van der Waals surface area contributed by atoms with Crippen molar-refractivity contribution < 1.29 is 9.21 Å². The molecule has 5 nitrogen and oxygen atoms in total. The van der Waals surface area contributed by atoms with Gasteiger partial charge in [0.2, 0.25) is 0 Å². The maximum atomic E-state index is 11.8. The summed E-state index contributed by atoms with van der Waals surface area (Å²) in [6.45, 7) is 2.99. The number of nitrogens with zero attached hydrogens (tertiary/aromatic N) is 1. The predicted molar refractivity (Wildman–Crippen MR) is 64.3 cm³/mol. The van der Waals surface area contributed by atoms with Gasteiger partial charge in [-0.2, -0.15) is 0 Å². The van der Waals surface area contributed by atoms with Crippen molar-refractivity contribution in [3.63, 3.8) is 0 Å². The van der Waals surface area contributed by atoms with Crippen LogP contribution in [-0.4, -0.2) is 23.4 Å². The molecule has 1 N–H and O–H groups in total. The van der Waals surface area contributed by atoms with E-state index in [9.17, 15) is 9.59 Å². The van der Waals surface area contributed by atoms with Crippen molar-refractivity contribution in [1.29, 1.82) is 0 Å². The van der Waals surface area contributed by atoms with Gasteiger partial charge in [-0.3, -0.25) is 9.36 Å². The first kappa shape index (κ1) is 11.6. The molecule has 1 aromatic heterocycles. The van der Waals surface area contributed by atoms with Crippen molar-refractivity contribution in [3.8, 4) is 0 Å². The molecule has 0 aliphatic carbocycles. The highest BCUT2D eigenvalue weighted by Gasteiger charge is 2.10. The Kier molecular flexibility index (Phi) is 3.10.